The number of rotatable bonds is 25. The maximum Gasteiger partial charge on any atom is 0.337 e. The predicted molar refractivity (Wildman–Crippen MR) is 171 cm³/mol. The largest absolute Gasteiger partial charge is 0.466 e. The van der Waals surface area contributed by atoms with Crippen molar-refractivity contribution in [2.24, 2.45) is 0 Å². The molecular weight excluding hydrogens is 613 g/mol. The molecular formula is C27H54O11Si4. The van der Waals surface area contributed by atoms with Gasteiger partial charge >= 0.3 is 43.1 Å². The van der Waals surface area contributed by atoms with Gasteiger partial charge in [-0.05, 0) is 84.4 Å². The van der Waals surface area contributed by atoms with Gasteiger partial charge in [0.2, 0.25) is 7.83 Å². The summed E-state index contributed by atoms with van der Waals surface area (Å²) in [4.78, 5) is 33.5. The third-order valence-electron chi connectivity index (χ3n) is 6.06. The Labute approximate surface area is 256 Å². The molecule has 0 aromatic heterocycles. The minimum atomic E-state index is -2.90. The Morgan fingerprint density at radius 3 is 1.40 bits per heavy atom. The third kappa shape index (κ3) is 19.0. The van der Waals surface area contributed by atoms with E-state index in [0.29, 0.717) is 65.3 Å². The molecule has 0 radical (unpaired) electrons. The fourth-order valence-electron chi connectivity index (χ4n) is 3.77. The molecule has 0 aromatic rings. The zero-order valence-corrected chi connectivity index (χ0v) is 31.0. The molecule has 0 aliphatic heterocycles. The number of carbonyl (C=O) groups is 3. The molecule has 0 rings (SSSR count). The second kappa shape index (κ2) is 20.5. The molecule has 244 valence electrons. The van der Waals surface area contributed by atoms with Gasteiger partial charge in [0.25, 0.3) is 0 Å². The quantitative estimate of drug-likeness (QED) is 0.0420. The van der Waals surface area contributed by atoms with Crippen LogP contribution in [0.25, 0.3) is 0 Å². The topological polar surface area (TPSA) is 125 Å². The van der Waals surface area contributed by atoms with E-state index in [1.807, 2.05) is 32.7 Å². The Balaban J connectivity index is 5.21. The number of carbonyl (C=O) groups excluding carboxylic acids is 3. The van der Waals surface area contributed by atoms with Gasteiger partial charge in [-0.3, -0.25) is 4.79 Å². The first-order chi connectivity index (χ1) is 19.5. The van der Waals surface area contributed by atoms with Gasteiger partial charge in [-0.1, -0.05) is 13.2 Å². The molecule has 0 aliphatic carbocycles. The molecule has 0 saturated carbocycles. The summed E-state index contributed by atoms with van der Waals surface area (Å²) in [7, 11) is -10.7. The van der Waals surface area contributed by atoms with E-state index < -0.39 is 45.0 Å². The summed E-state index contributed by atoms with van der Waals surface area (Å²) >= 11 is 0. The first-order valence-electron chi connectivity index (χ1n) is 14.5. The minimum Gasteiger partial charge on any atom is -0.466 e. The average molecular weight is 667 g/mol. The van der Waals surface area contributed by atoms with E-state index in [1.54, 1.807) is 0 Å². The van der Waals surface area contributed by atoms with Crippen LogP contribution in [0.1, 0.15) is 45.4 Å². The van der Waals surface area contributed by atoms with Crippen molar-refractivity contribution in [3.63, 3.8) is 0 Å². The van der Waals surface area contributed by atoms with Crippen molar-refractivity contribution in [1.29, 1.82) is 0 Å². The minimum absolute atomic E-state index is 0.289. The van der Waals surface area contributed by atoms with E-state index in [9.17, 15) is 14.4 Å². The Bertz CT molecular complexity index is 852. The Morgan fingerprint density at radius 1 is 0.548 bits per heavy atom. The first-order valence-corrected chi connectivity index (χ1v) is 26.4. The van der Waals surface area contributed by atoms with Crippen molar-refractivity contribution in [1.82, 2.24) is 0 Å². The van der Waals surface area contributed by atoms with E-state index in [0.717, 1.165) is 25.0 Å². The van der Waals surface area contributed by atoms with E-state index in [4.69, 9.17) is 35.7 Å². The van der Waals surface area contributed by atoms with E-state index in [1.165, 1.54) is 6.92 Å². The van der Waals surface area contributed by atoms with Gasteiger partial charge in [-0.15, -0.1) is 0 Å². The third-order valence-corrected chi connectivity index (χ3v) is 26.6. The average Bonchev–Trinajstić information content (AvgIpc) is 2.88. The molecule has 15 heteroatoms. The molecule has 0 heterocycles. The summed E-state index contributed by atoms with van der Waals surface area (Å²) in [5, 5.41) is 0. The van der Waals surface area contributed by atoms with Gasteiger partial charge in [0.15, 0.2) is 0 Å². The van der Waals surface area contributed by atoms with Gasteiger partial charge in [0.1, 0.15) is 0 Å². The Kier molecular flexibility index (Phi) is 19.8. The number of unbranched alkanes of at least 4 members (excludes halogenated alkanes) is 3. The molecule has 1 unspecified atom stereocenters. The van der Waals surface area contributed by atoms with Gasteiger partial charge in [0.05, 0.1) is 19.8 Å². The molecule has 0 bridgehead atoms. The van der Waals surface area contributed by atoms with E-state index >= 15 is 0 Å². The standard InChI is InChI=1S/C27H54O11Si4/c1-11-26(29)32-20-14-16-22-34-39(4,5)37-40(6,7)38-42(10,36-24-18-15-21-33-27(30)12-2)41(8,9)35-23-17-13-19-31-25(3)28/h11-12H,1-2,13-24H2,3-10H3. The van der Waals surface area contributed by atoms with Crippen molar-refractivity contribution in [3.05, 3.63) is 25.3 Å². The lowest BCUT2D eigenvalue weighted by molar-refractivity contribution is -0.141. The molecule has 0 amide bonds. The lowest BCUT2D eigenvalue weighted by atomic mass is 10.3. The molecule has 0 N–H and O–H groups in total. The monoisotopic (exact) mass is 666 g/mol. The lowest BCUT2D eigenvalue weighted by Gasteiger charge is -2.44. The lowest BCUT2D eigenvalue weighted by Crippen LogP contribution is -2.68. The van der Waals surface area contributed by atoms with Crippen LogP contribution >= 0.6 is 0 Å². The predicted octanol–water partition coefficient (Wildman–Crippen LogP) is 5.19. The zero-order valence-electron chi connectivity index (χ0n) is 27.0. The normalized spacial score (nSPS) is 13.6. The van der Waals surface area contributed by atoms with Crippen LogP contribution in [0, 0.1) is 0 Å². The maximum atomic E-state index is 11.3. The van der Waals surface area contributed by atoms with E-state index in [-0.39, 0.29) is 5.97 Å². The summed E-state index contributed by atoms with van der Waals surface area (Å²) < 4.78 is 47.7. The van der Waals surface area contributed by atoms with Gasteiger partial charge < -0.3 is 35.7 Å². The second-order valence-electron chi connectivity index (χ2n) is 11.2. The SMILES string of the molecule is C=CC(=O)OCCCCO[Si](C)(C)O[Si](C)(C)O[Si](C)(OCCCCOC(=O)C=C)[Si](C)(C)OCCCCOC(C)=O. The highest BCUT2D eigenvalue weighted by atomic mass is 29.3. The summed E-state index contributed by atoms with van der Waals surface area (Å²) in [5.74, 6) is -1.16. The summed E-state index contributed by atoms with van der Waals surface area (Å²) in [6, 6.07) is 0. The molecule has 11 nitrogen and oxygen atoms in total. The van der Waals surface area contributed by atoms with Crippen LogP contribution in [-0.2, 0) is 50.1 Å². The number of ether oxygens (including phenoxy) is 3. The fraction of sp³-hybridized carbons (Fsp3) is 0.741. The Hall–Kier alpha value is -1.44. The zero-order chi connectivity index (χ0) is 32.3. The molecule has 1 atom stereocenters. The molecule has 0 fully saturated rings. The van der Waals surface area contributed by atoms with Gasteiger partial charge in [-0.25, -0.2) is 9.59 Å². The van der Waals surface area contributed by atoms with Crippen LogP contribution in [0.15, 0.2) is 25.3 Å². The van der Waals surface area contributed by atoms with Crippen LogP contribution in [0.2, 0.25) is 45.8 Å². The Morgan fingerprint density at radius 2 is 0.952 bits per heavy atom. The molecule has 0 saturated heterocycles. The van der Waals surface area contributed by atoms with Crippen molar-refractivity contribution in [3.8, 4) is 0 Å². The first kappa shape index (κ1) is 40.6. The van der Waals surface area contributed by atoms with Crippen molar-refractivity contribution >= 4 is 50.9 Å². The number of esters is 3. The smallest absolute Gasteiger partial charge is 0.337 e. The van der Waals surface area contributed by atoms with Crippen LogP contribution in [0.4, 0.5) is 0 Å². The molecule has 0 spiro atoms. The highest BCUT2D eigenvalue weighted by molar-refractivity contribution is 7.34. The fourth-order valence-corrected chi connectivity index (χ4v) is 23.6. The van der Waals surface area contributed by atoms with E-state index in [2.05, 4.69) is 26.3 Å². The highest BCUT2D eigenvalue weighted by Gasteiger charge is 2.56. The van der Waals surface area contributed by atoms with Crippen molar-refractivity contribution < 1.29 is 50.1 Å². The van der Waals surface area contributed by atoms with Crippen molar-refractivity contribution in [2.45, 2.75) is 91.3 Å². The highest BCUT2D eigenvalue weighted by Crippen LogP contribution is 2.30. The van der Waals surface area contributed by atoms with Crippen LogP contribution in [0.3, 0.4) is 0 Å². The molecule has 0 aromatic carbocycles. The summed E-state index contributed by atoms with van der Waals surface area (Å²) in [6.07, 6.45) is 6.52. The number of hydrogen-bond acceptors (Lipinski definition) is 11. The molecule has 0 aliphatic rings. The summed E-state index contributed by atoms with van der Waals surface area (Å²) in [5.41, 5.74) is 0. The second-order valence-corrected chi connectivity index (χ2v) is 30.6. The van der Waals surface area contributed by atoms with Crippen LogP contribution in [0.5, 0.6) is 0 Å². The number of hydrogen-bond donors (Lipinski definition) is 0. The maximum absolute atomic E-state index is 11.3. The van der Waals surface area contributed by atoms with Gasteiger partial charge in [0, 0.05) is 38.9 Å². The van der Waals surface area contributed by atoms with Gasteiger partial charge in [-0.2, -0.15) is 0 Å². The van der Waals surface area contributed by atoms with Crippen LogP contribution < -0.4 is 0 Å². The van der Waals surface area contributed by atoms with Crippen LogP contribution in [-0.4, -0.2) is 90.6 Å². The molecule has 42 heavy (non-hydrogen) atoms. The van der Waals surface area contributed by atoms with Crippen molar-refractivity contribution in [2.75, 3.05) is 39.6 Å². The summed E-state index contributed by atoms with van der Waals surface area (Å²) in [6.45, 7) is 24.9.